The summed E-state index contributed by atoms with van der Waals surface area (Å²) in [5, 5.41) is 8.75. The molecule has 5 heteroatoms. The van der Waals surface area contributed by atoms with Crippen LogP contribution < -0.4 is 4.74 Å². The number of ether oxygens (including phenoxy) is 1. The van der Waals surface area contributed by atoms with Crippen molar-refractivity contribution in [1.29, 1.82) is 0 Å². The molecule has 0 bridgehead atoms. The Morgan fingerprint density at radius 3 is 2.60 bits per heavy atom. The van der Waals surface area contributed by atoms with Crippen molar-refractivity contribution in [2.45, 2.75) is 6.42 Å². The molecule has 2 aromatic rings. The van der Waals surface area contributed by atoms with Crippen molar-refractivity contribution in [3.63, 3.8) is 0 Å². The van der Waals surface area contributed by atoms with Gasteiger partial charge in [0.25, 0.3) is 0 Å². The monoisotopic (exact) mass is 278 g/mol. The van der Waals surface area contributed by atoms with E-state index in [9.17, 15) is 13.6 Å². The first-order valence-electron chi connectivity index (χ1n) is 5.86. The number of carbonyl (C=O) groups is 1. The van der Waals surface area contributed by atoms with Crippen molar-refractivity contribution < 1.29 is 23.4 Å². The smallest absolute Gasteiger partial charge is 0.307 e. The molecule has 0 saturated heterocycles. The summed E-state index contributed by atoms with van der Waals surface area (Å²) in [6.07, 6.45) is -0.251. The zero-order chi connectivity index (χ0) is 14.7. The van der Waals surface area contributed by atoms with Gasteiger partial charge in [-0.2, -0.15) is 0 Å². The molecule has 0 fully saturated rings. The van der Waals surface area contributed by atoms with Crippen molar-refractivity contribution in [2.24, 2.45) is 0 Å². The van der Waals surface area contributed by atoms with Crippen LogP contribution >= 0.6 is 0 Å². The van der Waals surface area contributed by atoms with Crippen LogP contribution in [0.15, 0.2) is 36.4 Å². The lowest BCUT2D eigenvalue weighted by atomic mass is 10.0. The Morgan fingerprint density at radius 1 is 1.20 bits per heavy atom. The van der Waals surface area contributed by atoms with Crippen molar-refractivity contribution in [3.8, 4) is 16.9 Å². The average Bonchev–Trinajstić information content (AvgIpc) is 2.41. The van der Waals surface area contributed by atoms with Crippen LogP contribution in [0, 0.1) is 11.6 Å². The van der Waals surface area contributed by atoms with Gasteiger partial charge in [-0.05, 0) is 23.8 Å². The maximum atomic E-state index is 14.1. The van der Waals surface area contributed by atoms with Crippen LogP contribution in [0.5, 0.6) is 5.75 Å². The van der Waals surface area contributed by atoms with E-state index in [1.165, 1.54) is 31.4 Å². The molecule has 20 heavy (non-hydrogen) atoms. The van der Waals surface area contributed by atoms with Gasteiger partial charge in [0.1, 0.15) is 5.82 Å². The van der Waals surface area contributed by atoms with Crippen LogP contribution in [0.3, 0.4) is 0 Å². The molecule has 0 heterocycles. The second-order valence-corrected chi connectivity index (χ2v) is 4.21. The van der Waals surface area contributed by atoms with Gasteiger partial charge in [-0.15, -0.1) is 0 Å². The molecule has 0 radical (unpaired) electrons. The molecule has 2 aromatic carbocycles. The molecule has 1 N–H and O–H groups in total. The second kappa shape index (κ2) is 5.69. The lowest BCUT2D eigenvalue weighted by molar-refractivity contribution is -0.136. The Labute approximate surface area is 114 Å². The fraction of sp³-hybridized carbons (Fsp3) is 0.133. The van der Waals surface area contributed by atoms with E-state index in [4.69, 9.17) is 9.84 Å². The number of benzene rings is 2. The maximum absolute atomic E-state index is 14.1. The Balaban J connectivity index is 2.54. The van der Waals surface area contributed by atoms with Crippen molar-refractivity contribution in [1.82, 2.24) is 0 Å². The molecular weight excluding hydrogens is 266 g/mol. The van der Waals surface area contributed by atoms with Crippen LogP contribution in [0.1, 0.15) is 5.56 Å². The standard InChI is InChI=1S/C15H12F2O3/c1-20-13-4-2-3-10(15(13)17)11-7-9(8-14(18)19)5-6-12(11)16/h2-7H,8H2,1H3,(H,18,19). The normalized spacial score (nSPS) is 10.3. The summed E-state index contributed by atoms with van der Waals surface area (Å²) in [6, 6.07) is 8.22. The predicted molar refractivity (Wildman–Crippen MR) is 69.7 cm³/mol. The zero-order valence-corrected chi connectivity index (χ0v) is 10.7. The minimum Gasteiger partial charge on any atom is -0.494 e. The number of carboxylic acids is 1. The number of hydrogen-bond donors (Lipinski definition) is 1. The van der Waals surface area contributed by atoms with Gasteiger partial charge in [-0.25, -0.2) is 8.78 Å². The van der Waals surface area contributed by atoms with Gasteiger partial charge in [0.2, 0.25) is 0 Å². The van der Waals surface area contributed by atoms with Gasteiger partial charge in [0.05, 0.1) is 13.5 Å². The number of rotatable bonds is 4. The molecule has 0 atom stereocenters. The summed E-state index contributed by atoms with van der Waals surface area (Å²) < 4.78 is 32.8. The van der Waals surface area contributed by atoms with Crippen LogP contribution in [0.25, 0.3) is 11.1 Å². The van der Waals surface area contributed by atoms with Crippen LogP contribution in [-0.4, -0.2) is 18.2 Å². The zero-order valence-electron chi connectivity index (χ0n) is 10.7. The van der Waals surface area contributed by atoms with Gasteiger partial charge < -0.3 is 9.84 Å². The first-order chi connectivity index (χ1) is 9.52. The molecule has 0 aliphatic heterocycles. The highest BCUT2D eigenvalue weighted by Gasteiger charge is 2.15. The summed E-state index contributed by atoms with van der Waals surface area (Å²) in [5.74, 6) is -2.33. The predicted octanol–water partition coefficient (Wildman–Crippen LogP) is 3.27. The topological polar surface area (TPSA) is 46.5 Å². The summed E-state index contributed by atoms with van der Waals surface area (Å²) >= 11 is 0. The van der Waals surface area contributed by atoms with Gasteiger partial charge >= 0.3 is 5.97 Å². The van der Waals surface area contributed by atoms with E-state index >= 15 is 0 Å². The van der Waals surface area contributed by atoms with Gasteiger partial charge in [-0.1, -0.05) is 18.2 Å². The van der Waals surface area contributed by atoms with E-state index in [1.54, 1.807) is 6.07 Å². The summed E-state index contributed by atoms with van der Waals surface area (Å²) in [4.78, 5) is 10.7. The van der Waals surface area contributed by atoms with E-state index < -0.39 is 17.6 Å². The summed E-state index contributed by atoms with van der Waals surface area (Å²) in [5.41, 5.74) is 0.449. The average molecular weight is 278 g/mol. The molecule has 2 rings (SSSR count). The fourth-order valence-corrected chi connectivity index (χ4v) is 1.94. The fourth-order valence-electron chi connectivity index (χ4n) is 1.94. The van der Waals surface area contributed by atoms with E-state index in [1.807, 2.05) is 0 Å². The van der Waals surface area contributed by atoms with Crippen molar-refractivity contribution in [3.05, 3.63) is 53.6 Å². The van der Waals surface area contributed by atoms with E-state index in [0.29, 0.717) is 5.56 Å². The quantitative estimate of drug-likeness (QED) is 0.933. The third-order valence-corrected chi connectivity index (χ3v) is 2.86. The Bertz CT molecular complexity index is 654. The molecule has 0 aliphatic rings. The number of halogens is 2. The minimum atomic E-state index is -1.03. The van der Waals surface area contributed by atoms with Crippen LogP contribution in [-0.2, 0) is 11.2 Å². The Kier molecular flexibility index (Phi) is 3.98. The molecule has 0 amide bonds. The summed E-state index contributed by atoms with van der Waals surface area (Å²) in [7, 11) is 1.32. The molecule has 0 saturated carbocycles. The van der Waals surface area contributed by atoms with Gasteiger partial charge in [-0.3, -0.25) is 4.79 Å². The number of methoxy groups -OCH3 is 1. The minimum absolute atomic E-state index is 0.00513. The SMILES string of the molecule is COc1cccc(-c2cc(CC(=O)O)ccc2F)c1F. The van der Waals surface area contributed by atoms with Crippen molar-refractivity contribution >= 4 is 5.97 Å². The third kappa shape index (κ3) is 2.77. The highest BCUT2D eigenvalue weighted by molar-refractivity contribution is 5.73. The summed E-state index contributed by atoms with van der Waals surface area (Å²) in [6.45, 7) is 0. The first kappa shape index (κ1) is 14.0. The number of hydrogen-bond acceptors (Lipinski definition) is 2. The van der Waals surface area contributed by atoms with E-state index in [2.05, 4.69) is 0 Å². The molecule has 0 unspecified atom stereocenters. The number of carboxylic acid groups (broad SMARTS) is 1. The van der Waals surface area contributed by atoms with Crippen LogP contribution in [0.4, 0.5) is 8.78 Å². The second-order valence-electron chi connectivity index (χ2n) is 4.21. The van der Waals surface area contributed by atoms with Gasteiger partial charge in [0.15, 0.2) is 11.6 Å². The highest BCUT2D eigenvalue weighted by Crippen LogP contribution is 2.31. The molecular formula is C15H12F2O3. The first-order valence-corrected chi connectivity index (χ1v) is 5.86. The van der Waals surface area contributed by atoms with Crippen molar-refractivity contribution in [2.75, 3.05) is 7.11 Å². The lowest BCUT2D eigenvalue weighted by Gasteiger charge is -2.09. The van der Waals surface area contributed by atoms with E-state index in [-0.39, 0.29) is 23.3 Å². The molecule has 104 valence electrons. The van der Waals surface area contributed by atoms with Gasteiger partial charge in [0, 0.05) is 11.1 Å². The highest BCUT2D eigenvalue weighted by atomic mass is 19.1. The third-order valence-electron chi connectivity index (χ3n) is 2.86. The number of aliphatic carboxylic acids is 1. The maximum Gasteiger partial charge on any atom is 0.307 e. The molecule has 0 aromatic heterocycles. The lowest BCUT2D eigenvalue weighted by Crippen LogP contribution is -2.01. The molecule has 3 nitrogen and oxygen atoms in total. The van der Waals surface area contributed by atoms with E-state index in [0.717, 1.165) is 6.07 Å². The largest absolute Gasteiger partial charge is 0.494 e. The molecule has 0 spiro atoms. The molecule has 0 aliphatic carbocycles. The Morgan fingerprint density at radius 2 is 1.95 bits per heavy atom. The Hall–Kier alpha value is -2.43. The van der Waals surface area contributed by atoms with Crippen LogP contribution in [0.2, 0.25) is 0 Å².